The maximum absolute atomic E-state index is 9.21. The zero-order chi connectivity index (χ0) is 16.0. The van der Waals surface area contributed by atoms with E-state index in [-0.39, 0.29) is 0 Å². The highest BCUT2D eigenvalue weighted by molar-refractivity contribution is 5.82. The molecule has 110 valence electrons. The zero-order valence-corrected chi connectivity index (χ0v) is 12.7. The van der Waals surface area contributed by atoms with E-state index in [1.807, 2.05) is 49.4 Å². The standard InChI is InChI=1S/C20H14N2O/c1-13-10-19(14(11-21)12-22)23-20(13)17-8-4-2-6-15(17)16-7-3-5-9-18(16)20/h2-10,14,19H,1H3. The Hall–Kier alpha value is -2.88. The summed E-state index contributed by atoms with van der Waals surface area (Å²) in [6.07, 6.45) is 1.42. The van der Waals surface area contributed by atoms with Gasteiger partial charge in [-0.05, 0) is 23.6 Å². The van der Waals surface area contributed by atoms with Crippen LogP contribution in [-0.2, 0) is 10.3 Å². The SMILES string of the molecule is CC1=CC(C(C#N)C#N)OC12c1ccccc1-c1ccccc12. The van der Waals surface area contributed by atoms with Gasteiger partial charge in [0.05, 0.1) is 12.1 Å². The minimum Gasteiger partial charge on any atom is -0.351 e. The molecule has 0 saturated heterocycles. The van der Waals surface area contributed by atoms with Crippen LogP contribution in [0.15, 0.2) is 60.2 Å². The van der Waals surface area contributed by atoms with Crippen molar-refractivity contribution in [3.63, 3.8) is 0 Å². The van der Waals surface area contributed by atoms with Gasteiger partial charge in [0.1, 0.15) is 11.7 Å². The van der Waals surface area contributed by atoms with Crippen LogP contribution in [0.25, 0.3) is 11.1 Å². The van der Waals surface area contributed by atoms with E-state index < -0.39 is 17.6 Å². The van der Waals surface area contributed by atoms with Gasteiger partial charge < -0.3 is 4.74 Å². The van der Waals surface area contributed by atoms with E-state index in [2.05, 4.69) is 24.3 Å². The smallest absolute Gasteiger partial charge is 0.162 e. The van der Waals surface area contributed by atoms with E-state index in [0.717, 1.165) is 27.8 Å². The van der Waals surface area contributed by atoms with Crippen molar-refractivity contribution in [2.75, 3.05) is 0 Å². The Bertz CT molecular complexity index is 854. The zero-order valence-electron chi connectivity index (χ0n) is 12.7. The number of benzene rings is 2. The number of nitrogens with zero attached hydrogens (tertiary/aromatic N) is 2. The Balaban J connectivity index is 1.95. The molecule has 2 aliphatic rings. The Morgan fingerprint density at radius 2 is 1.48 bits per heavy atom. The molecule has 1 aliphatic carbocycles. The highest BCUT2D eigenvalue weighted by Gasteiger charge is 2.51. The number of hydrogen-bond acceptors (Lipinski definition) is 3. The van der Waals surface area contributed by atoms with Crippen molar-refractivity contribution < 1.29 is 4.74 Å². The van der Waals surface area contributed by atoms with Crippen molar-refractivity contribution in [2.45, 2.75) is 18.6 Å². The molecule has 1 spiro atoms. The molecule has 1 aliphatic heterocycles. The molecule has 1 heterocycles. The first-order chi connectivity index (χ1) is 11.2. The monoisotopic (exact) mass is 298 g/mol. The first kappa shape index (κ1) is 13.8. The molecule has 0 N–H and O–H groups in total. The van der Waals surface area contributed by atoms with Gasteiger partial charge in [0, 0.05) is 11.1 Å². The normalized spacial score (nSPS) is 19.8. The van der Waals surface area contributed by atoms with Gasteiger partial charge >= 0.3 is 0 Å². The summed E-state index contributed by atoms with van der Waals surface area (Å²) in [5, 5.41) is 18.4. The van der Waals surface area contributed by atoms with Crippen molar-refractivity contribution in [3.8, 4) is 23.3 Å². The summed E-state index contributed by atoms with van der Waals surface area (Å²) < 4.78 is 6.38. The molecule has 1 unspecified atom stereocenters. The van der Waals surface area contributed by atoms with Gasteiger partial charge in [0.15, 0.2) is 5.92 Å². The molecule has 23 heavy (non-hydrogen) atoms. The minimum absolute atomic E-state index is 0.510. The highest BCUT2D eigenvalue weighted by Crippen LogP contribution is 2.56. The third-order valence-electron chi connectivity index (χ3n) is 4.79. The fourth-order valence-electron chi connectivity index (χ4n) is 3.78. The number of fused-ring (bicyclic) bond motifs is 5. The Kier molecular flexibility index (Phi) is 2.88. The van der Waals surface area contributed by atoms with E-state index >= 15 is 0 Å². The van der Waals surface area contributed by atoms with Crippen LogP contribution in [0.4, 0.5) is 0 Å². The second-order valence-corrected chi connectivity index (χ2v) is 5.94. The van der Waals surface area contributed by atoms with E-state index in [1.54, 1.807) is 0 Å². The van der Waals surface area contributed by atoms with Crippen molar-refractivity contribution in [3.05, 3.63) is 71.3 Å². The van der Waals surface area contributed by atoms with Crippen LogP contribution >= 0.6 is 0 Å². The van der Waals surface area contributed by atoms with Crippen LogP contribution in [-0.4, -0.2) is 6.10 Å². The molecule has 1 atom stereocenters. The minimum atomic E-state index is -0.802. The molecule has 0 bridgehead atoms. The molecule has 4 rings (SSSR count). The summed E-state index contributed by atoms with van der Waals surface area (Å²) in [7, 11) is 0. The molecular formula is C20H14N2O. The lowest BCUT2D eigenvalue weighted by molar-refractivity contribution is -0.0103. The van der Waals surface area contributed by atoms with E-state index in [4.69, 9.17) is 4.74 Å². The molecular weight excluding hydrogens is 284 g/mol. The van der Waals surface area contributed by atoms with Crippen LogP contribution in [0.5, 0.6) is 0 Å². The third-order valence-corrected chi connectivity index (χ3v) is 4.79. The molecule has 2 aromatic rings. The maximum Gasteiger partial charge on any atom is 0.162 e. The summed E-state index contributed by atoms with van der Waals surface area (Å²) in [6.45, 7) is 2.02. The van der Waals surface area contributed by atoms with Gasteiger partial charge in [-0.2, -0.15) is 10.5 Å². The van der Waals surface area contributed by atoms with Gasteiger partial charge in [-0.3, -0.25) is 0 Å². The van der Waals surface area contributed by atoms with Crippen LogP contribution in [0, 0.1) is 28.6 Å². The maximum atomic E-state index is 9.21. The predicted octanol–water partition coefficient (Wildman–Crippen LogP) is 3.92. The molecule has 0 saturated carbocycles. The van der Waals surface area contributed by atoms with Gasteiger partial charge in [0.25, 0.3) is 0 Å². The number of rotatable bonds is 1. The molecule has 3 nitrogen and oxygen atoms in total. The van der Waals surface area contributed by atoms with E-state index in [9.17, 15) is 10.5 Å². The topological polar surface area (TPSA) is 56.8 Å². The Morgan fingerprint density at radius 3 is 2.00 bits per heavy atom. The first-order valence-electron chi connectivity index (χ1n) is 7.57. The number of ether oxygens (including phenoxy) is 1. The van der Waals surface area contributed by atoms with Gasteiger partial charge in [-0.1, -0.05) is 54.6 Å². The largest absolute Gasteiger partial charge is 0.351 e. The average Bonchev–Trinajstić information content (AvgIpc) is 3.08. The molecule has 0 aromatic heterocycles. The van der Waals surface area contributed by atoms with Gasteiger partial charge in [-0.15, -0.1) is 0 Å². The second kappa shape index (κ2) is 4.81. The van der Waals surface area contributed by atoms with Gasteiger partial charge in [0.2, 0.25) is 0 Å². The number of nitriles is 2. The number of hydrogen-bond donors (Lipinski definition) is 0. The molecule has 0 radical (unpaired) electrons. The van der Waals surface area contributed by atoms with Crippen LogP contribution in [0.2, 0.25) is 0 Å². The summed E-state index contributed by atoms with van der Waals surface area (Å²) in [5.41, 5.74) is 4.85. The lowest BCUT2D eigenvalue weighted by atomic mass is 9.85. The van der Waals surface area contributed by atoms with Crippen molar-refractivity contribution >= 4 is 0 Å². The Morgan fingerprint density at radius 1 is 0.957 bits per heavy atom. The van der Waals surface area contributed by atoms with Crippen LogP contribution < -0.4 is 0 Å². The molecule has 0 amide bonds. The van der Waals surface area contributed by atoms with Crippen LogP contribution in [0.1, 0.15) is 18.1 Å². The van der Waals surface area contributed by atoms with Crippen molar-refractivity contribution in [1.29, 1.82) is 10.5 Å². The molecule has 2 aromatic carbocycles. The summed E-state index contributed by atoms with van der Waals surface area (Å²) in [5.74, 6) is -0.802. The molecule has 3 heteroatoms. The summed E-state index contributed by atoms with van der Waals surface area (Å²) >= 11 is 0. The highest BCUT2D eigenvalue weighted by atomic mass is 16.5. The van der Waals surface area contributed by atoms with Crippen molar-refractivity contribution in [1.82, 2.24) is 0 Å². The summed E-state index contributed by atoms with van der Waals surface area (Å²) in [4.78, 5) is 0. The quantitative estimate of drug-likeness (QED) is 0.750. The molecule has 0 fully saturated rings. The lowest BCUT2D eigenvalue weighted by Gasteiger charge is -2.30. The fraction of sp³-hybridized carbons (Fsp3) is 0.200. The van der Waals surface area contributed by atoms with E-state index in [0.29, 0.717) is 0 Å². The summed E-state index contributed by atoms with van der Waals surface area (Å²) in [6, 6.07) is 20.5. The van der Waals surface area contributed by atoms with Gasteiger partial charge in [-0.25, -0.2) is 0 Å². The predicted molar refractivity (Wildman–Crippen MR) is 86.0 cm³/mol. The lowest BCUT2D eigenvalue weighted by Crippen LogP contribution is -2.30. The first-order valence-corrected chi connectivity index (χ1v) is 7.57. The Labute approximate surface area is 135 Å². The third kappa shape index (κ3) is 1.66. The average molecular weight is 298 g/mol. The van der Waals surface area contributed by atoms with Crippen LogP contribution in [0.3, 0.4) is 0 Å². The second-order valence-electron chi connectivity index (χ2n) is 5.94. The van der Waals surface area contributed by atoms with Crippen molar-refractivity contribution in [2.24, 2.45) is 5.92 Å². The van der Waals surface area contributed by atoms with E-state index in [1.165, 1.54) is 0 Å². The fourth-order valence-corrected chi connectivity index (χ4v) is 3.78.